The minimum atomic E-state index is 0.367. The van der Waals surface area contributed by atoms with Crippen molar-refractivity contribution in [2.45, 2.75) is 20.3 Å². The molecular weight excluding hydrogens is 386 g/mol. The smallest absolute Gasteiger partial charge is 0.227 e. The van der Waals surface area contributed by atoms with Crippen LogP contribution in [0, 0.1) is 6.92 Å². The Balaban J connectivity index is 2.44. The first kappa shape index (κ1) is 15.8. The molecule has 0 aliphatic carbocycles. The Morgan fingerprint density at radius 2 is 1.85 bits per heavy atom. The van der Waals surface area contributed by atoms with Gasteiger partial charge in [-0.3, -0.25) is 0 Å². The van der Waals surface area contributed by atoms with E-state index in [9.17, 15) is 0 Å². The zero-order valence-corrected chi connectivity index (χ0v) is 14.5. The van der Waals surface area contributed by atoms with Crippen molar-refractivity contribution < 1.29 is 4.74 Å². The summed E-state index contributed by atoms with van der Waals surface area (Å²) in [6.07, 6.45) is 0.658. The van der Waals surface area contributed by atoms with E-state index in [0.29, 0.717) is 49.1 Å². The van der Waals surface area contributed by atoms with Crippen LogP contribution in [0.25, 0.3) is 0 Å². The third-order valence-corrected chi connectivity index (χ3v) is 4.45. The highest BCUT2D eigenvalue weighted by molar-refractivity contribution is 9.10. The lowest BCUT2D eigenvalue weighted by molar-refractivity contribution is 0.454. The molecule has 1 heterocycles. The minimum absolute atomic E-state index is 0.367. The second-order valence-electron chi connectivity index (χ2n) is 4.01. The van der Waals surface area contributed by atoms with Crippen LogP contribution in [0.4, 0.5) is 0 Å². The van der Waals surface area contributed by atoms with E-state index < -0.39 is 0 Å². The summed E-state index contributed by atoms with van der Waals surface area (Å²) in [5, 5.41) is 1.29. The molecule has 3 nitrogen and oxygen atoms in total. The zero-order valence-electron chi connectivity index (χ0n) is 10.7. The van der Waals surface area contributed by atoms with Crippen molar-refractivity contribution in [3.8, 4) is 11.6 Å². The van der Waals surface area contributed by atoms with Crippen molar-refractivity contribution in [3.63, 3.8) is 0 Å². The molecule has 2 aromatic rings. The van der Waals surface area contributed by atoms with Gasteiger partial charge in [-0.25, -0.2) is 4.98 Å². The van der Waals surface area contributed by atoms with E-state index >= 15 is 0 Å². The Kier molecular flexibility index (Phi) is 5.13. The second-order valence-corrected chi connectivity index (χ2v) is 6.04. The van der Waals surface area contributed by atoms with Gasteiger partial charge in [0.15, 0.2) is 0 Å². The molecule has 0 saturated carbocycles. The number of halogens is 4. The summed E-state index contributed by atoms with van der Waals surface area (Å²) < 4.78 is 6.42. The minimum Gasteiger partial charge on any atom is -0.437 e. The van der Waals surface area contributed by atoms with Gasteiger partial charge in [0.05, 0.1) is 10.0 Å². The van der Waals surface area contributed by atoms with E-state index in [-0.39, 0.29) is 0 Å². The van der Waals surface area contributed by atoms with Crippen molar-refractivity contribution in [1.29, 1.82) is 0 Å². The van der Waals surface area contributed by atoms with Crippen molar-refractivity contribution >= 4 is 50.7 Å². The Hall–Kier alpha value is -0.550. The Morgan fingerprint density at radius 1 is 1.15 bits per heavy atom. The number of hydrogen-bond acceptors (Lipinski definition) is 3. The standard InChI is InChI=1S/C13H10BrCl3N2O/c1-3-11-18-12(17)6(2)13(19-11)20-10-5-8(15)7(14)4-9(10)16/h4-5H,3H2,1-2H3. The number of rotatable bonds is 3. The van der Waals surface area contributed by atoms with E-state index in [1.807, 2.05) is 6.92 Å². The first-order valence-corrected chi connectivity index (χ1v) is 7.70. The van der Waals surface area contributed by atoms with Gasteiger partial charge >= 0.3 is 0 Å². The number of ether oxygens (including phenoxy) is 1. The van der Waals surface area contributed by atoms with E-state index in [1.54, 1.807) is 19.1 Å². The summed E-state index contributed by atoms with van der Waals surface area (Å²) in [7, 11) is 0. The number of aromatic nitrogens is 2. The summed E-state index contributed by atoms with van der Waals surface area (Å²) in [4.78, 5) is 8.46. The summed E-state index contributed by atoms with van der Waals surface area (Å²) >= 11 is 21.5. The fraction of sp³-hybridized carbons (Fsp3) is 0.231. The number of aryl methyl sites for hydroxylation is 1. The predicted octanol–water partition coefficient (Wildman–Crippen LogP) is 5.86. The number of benzene rings is 1. The lowest BCUT2D eigenvalue weighted by atomic mass is 10.3. The number of hydrogen-bond donors (Lipinski definition) is 0. The van der Waals surface area contributed by atoms with Crippen molar-refractivity contribution in [3.05, 3.63) is 43.2 Å². The largest absolute Gasteiger partial charge is 0.437 e. The zero-order chi connectivity index (χ0) is 14.9. The fourth-order valence-corrected chi connectivity index (χ4v) is 2.47. The van der Waals surface area contributed by atoms with E-state index in [4.69, 9.17) is 39.5 Å². The third-order valence-electron chi connectivity index (χ3n) is 2.59. The van der Waals surface area contributed by atoms with Crippen LogP contribution in [0.3, 0.4) is 0 Å². The predicted molar refractivity (Wildman–Crippen MR) is 85.4 cm³/mol. The summed E-state index contributed by atoms with van der Waals surface area (Å²) in [5.41, 5.74) is 0.652. The average molecular weight is 396 g/mol. The van der Waals surface area contributed by atoms with Crippen LogP contribution in [0.1, 0.15) is 18.3 Å². The fourth-order valence-electron chi connectivity index (χ4n) is 1.46. The highest BCUT2D eigenvalue weighted by Crippen LogP contribution is 2.37. The van der Waals surface area contributed by atoms with Crippen LogP contribution in [0.2, 0.25) is 15.2 Å². The molecule has 0 N–H and O–H groups in total. The second kappa shape index (κ2) is 6.48. The molecular formula is C13H10BrCl3N2O. The normalized spacial score (nSPS) is 10.7. The molecule has 0 aliphatic heterocycles. The lowest BCUT2D eigenvalue weighted by Crippen LogP contribution is -2.00. The molecule has 0 unspecified atom stereocenters. The molecule has 1 aromatic carbocycles. The topological polar surface area (TPSA) is 35.0 Å². The summed E-state index contributed by atoms with van der Waals surface area (Å²) in [5.74, 6) is 1.40. The van der Waals surface area contributed by atoms with Gasteiger partial charge in [-0.2, -0.15) is 4.98 Å². The maximum absolute atomic E-state index is 6.13. The van der Waals surface area contributed by atoms with E-state index in [2.05, 4.69) is 25.9 Å². The molecule has 0 spiro atoms. The first-order valence-electron chi connectivity index (χ1n) is 5.77. The number of nitrogens with zero attached hydrogens (tertiary/aromatic N) is 2. The molecule has 106 valence electrons. The Morgan fingerprint density at radius 3 is 2.50 bits per heavy atom. The maximum Gasteiger partial charge on any atom is 0.227 e. The van der Waals surface area contributed by atoms with Gasteiger partial charge < -0.3 is 4.74 Å². The van der Waals surface area contributed by atoms with Gasteiger partial charge in [0.1, 0.15) is 16.7 Å². The molecule has 20 heavy (non-hydrogen) atoms. The first-order chi connectivity index (χ1) is 9.42. The van der Waals surface area contributed by atoms with E-state index in [0.717, 1.165) is 0 Å². The molecule has 0 aliphatic rings. The van der Waals surface area contributed by atoms with Crippen molar-refractivity contribution in [2.75, 3.05) is 0 Å². The van der Waals surface area contributed by atoms with Crippen LogP contribution in [-0.4, -0.2) is 9.97 Å². The van der Waals surface area contributed by atoms with Gasteiger partial charge in [-0.15, -0.1) is 0 Å². The van der Waals surface area contributed by atoms with Crippen LogP contribution in [-0.2, 0) is 6.42 Å². The van der Waals surface area contributed by atoms with Gasteiger partial charge in [0.2, 0.25) is 5.88 Å². The summed E-state index contributed by atoms with van der Waals surface area (Å²) in [6.45, 7) is 3.72. The van der Waals surface area contributed by atoms with Crippen LogP contribution in [0.15, 0.2) is 16.6 Å². The van der Waals surface area contributed by atoms with Gasteiger partial charge in [0, 0.05) is 22.5 Å². The molecule has 7 heteroatoms. The molecule has 1 aromatic heterocycles. The highest BCUT2D eigenvalue weighted by atomic mass is 79.9. The van der Waals surface area contributed by atoms with Crippen LogP contribution >= 0.6 is 50.7 Å². The molecule has 0 amide bonds. The maximum atomic E-state index is 6.13. The van der Waals surface area contributed by atoms with E-state index in [1.165, 1.54) is 0 Å². The van der Waals surface area contributed by atoms with Gasteiger partial charge in [0.25, 0.3) is 0 Å². The quantitative estimate of drug-likeness (QED) is 0.481. The molecule has 0 saturated heterocycles. The Bertz CT molecular complexity index is 665. The van der Waals surface area contributed by atoms with Gasteiger partial charge in [-0.05, 0) is 28.9 Å². The highest BCUT2D eigenvalue weighted by Gasteiger charge is 2.14. The monoisotopic (exact) mass is 394 g/mol. The molecule has 0 radical (unpaired) electrons. The Labute approximate surface area is 140 Å². The lowest BCUT2D eigenvalue weighted by Gasteiger charge is -2.12. The summed E-state index contributed by atoms with van der Waals surface area (Å²) in [6, 6.07) is 3.28. The molecule has 0 bridgehead atoms. The average Bonchev–Trinajstić information content (AvgIpc) is 2.40. The van der Waals surface area contributed by atoms with Gasteiger partial charge in [-0.1, -0.05) is 41.7 Å². The van der Waals surface area contributed by atoms with Crippen LogP contribution in [0.5, 0.6) is 11.6 Å². The molecule has 0 fully saturated rings. The van der Waals surface area contributed by atoms with Crippen molar-refractivity contribution in [2.24, 2.45) is 0 Å². The van der Waals surface area contributed by atoms with Crippen molar-refractivity contribution in [1.82, 2.24) is 9.97 Å². The SMILES string of the molecule is CCc1nc(Cl)c(C)c(Oc2cc(Cl)c(Br)cc2Cl)n1. The van der Waals surface area contributed by atoms with Crippen LogP contribution < -0.4 is 4.74 Å². The third kappa shape index (κ3) is 3.37. The molecule has 2 rings (SSSR count). The molecule has 0 atom stereocenters.